The second-order valence-corrected chi connectivity index (χ2v) is 9.00. The number of amides is 1. The van der Waals surface area contributed by atoms with Gasteiger partial charge in [-0.25, -0.2) is 0 Å². The SMILES string of the molecule is CC(C)c1ccc(Nc2nnc(SCC(=O)N(C)Cc3ccccc3)s2)cc1. The summed E-state index contributed by atoms with van der Waals surface area (Å²) in [7, 11) is 1.82. The number of carbonyl (C=O) groups excluding carboxylic acids is 1. The maximum absolute atomic E-state index is 12.4. The molecule has 0 aliphatic rings. The highest BCUT2D eigenvalue weighted by molar-refractivity contribution is 8.01. The average molecular weight is 413 g/mol. The van der Waals surface area contributed by atoms with E-state index in [9.17, 15) is 4.79 Å². The Hall–Kier alpha value is -2.38. The first kappa shape index (κ1) is 20.4. The van der Waals surface area contributed by atoms with Crippen molar-refractivity contribution in [3.05, 3.63) is 65.7 Å². The largest absolute Gasteiger partial charge is 0.341 e. The molecule has 1 amide bonds. The molecule has 0 radical (unpaired) electrons. The second-order valence-electron chi connectivity index (χ2n) is 6.80. The molecule has 0 aliphatic carbocycles. The van der Waals surface area contributed by atoms with Gasteiger partial charge in [-0.2, -0.15) is 0 Å². The van der Waals surface area contributed by atoms with Crippen LogP contribution in [0.1, 0.15) is 30.9 Å². The molecule has 0 atom stereocenters. The van der Waals surface area contributed by atoms with Gasteiger partial charge in [0.05, 0.1) is 5.75 Å². The molecule has 0 aliphatic heterocycles. The van der Waals surface area contributed by atoms with Crippen LogP contribution >= 0.6 is 23.1 Å². The second kappa shape index (κ2) is 9.71. The predicted octanol–water partition coefficient (Wildman–Crippen LogP) is 5.16. The minimum absolute atomic E-state index is 0.0721. The van der Waals surface area contributed by atoms with Gasteiger partial charge in [-0.3, -0.25) is 4.79 Å². The summed E-state index contributed by atoms with van der Waals surface area (Å²) < 4.78 is 0.780. The van der Waals surface area contributed by atoms with Crippen molar-refractivity contribution in [1.29, 1.82) is 0 Å². The van der Waals surface area contributed by atoms with Crippen LogP contribution in [0.25, 0.3) is 0 Å². The van der Waals surface area contributed by atoms with Crippen LogP contribution in [-0.4, -0.2) is 33.8 Å². The highest BCUT2D eigenvalue weighted by atomic mass is 32.2. The highest BCUT2D eigenvalue weighted by Crippen LogP contribution is 2.28. The molecule has 5 nitrogen and oxygen atoms in total. The molecular weight excluding hydrogens is 388 g/mol. The van der Waals surface area contributed by atoms with Gasteiger partial charge in [-0.15, -0.1) is 10.2 Å². The van der Waals surface area contributed by atoms with Crippen LogP contribution in [-0.2, 0) is 11.3 Å². The number of hydrogen-bond donors (Lipinski definition) is 1. The van der Waals surface area contributed by atoms with E-state index in [0.717, 1.165) is 20.7 Å². The lowest BCUT2D eigenvalue weighted by atomic mass is 10.0. The monoisotopic (exact) mass is 412 g/mol. The van der Waals surface area contributed by atoms with Crippen LogP contribution in [0.2, 0.25) is 0 Å². The van der Waals surface area contributed by atoms with Crippen molar-refractivity contribution in [2.24, 2.45) is 0 Å². The van der Waals surface area contributed by atoms with Gasteiger partial charge in [0.15, 0.2) is 4.34 Å². The highest BCUT2D eigenvalue weighted by Gasteiger charge is 2.12. The third-order valence-electron chi connectivity index (χ3n) is 4.24. The number of benzene rings is 2. The number of aromatic nitrogens is 2. The van der Waals surface area contributed by atoms with Crippen LogP contribution in [0.15, 0.2) is 58.9 Å². The Balaban J connectivity index is 1.49. The summed E-state index contributed by atoms with van der Waals surface area (Å²) in [6.07, 6.45) is 0. The topological polar surface area (TPSA) is 58.1 Å². The summed E-state index contributed by atoms with van der Waals surface area (Å²) >= 11 is 2.87. The Morgan fingerprint density at radius 3 is 2.50 bits per heavy atom. The zero-order chi connectivity index (χ0) is 19.9. The fraction of sp³-hybridized carbons (Fsp3) is 0.286. The molecule has 0 saturated carbocycles. The van der Waals surface area contributed by atoms with E-state index in [1.807, 2.05) is 49.5 Å². The maximum atomic E-state index is 12.4. The molecule has 0 fully saturated rings. The Morgan fingerprint density at radius 1 is 1.11 bits per heavy atom. The van der Waals surface area contributed by atoms with Crippen LogP contribution in [0.3, 0.4) is 0 Å². The molecule has 2 aromatic carbocycles. The lowest BCUT2D eigenvalue weighted by Gasteiger charge is -2.16. The van der Waals surface area contributed by atoms with Crippen molar-refractivity contribution in [3.63, 3.8) is 0 Å². The number of carbonyl (C=O) groups is 1. The van der Waals surface area contributed by atoms with E-state index in [4.69, 9.17) is 0 Å². The third kappa shape index (κ3) is 5.81. The Bertz CT molecular complexity index is 894. The minimum atomic E-state index is 0.0721. The summed E-state index contributed by atoms with van der Waals surface area (Å²) in [5, 5.41) is 12.3. The van der Waals surface area contributed by atoms with Crippen molar-refractivity contribution in [1.82, 2.24) is 15.1 Å². The van der Waals surface area contributed by atoms with Crippen molar-refractivity contribution in [2.45, 2.75) is 30.6 Å². The van der Waals surface area contributed by atoms with Gasteiger partial charge >= 0.3 is 0 Å². The van der Waals surface area contributed by atoms with Crippen LogP contribution in [0.4, 0.5) is 10.8 Å². The number of hydrogen-bond acceptors (Lipinski definition) is 6. The zero-order valence-electron chi connectivity index (χ0n) is 16.3. The predicted molar refractivity (Wildman–Crippen MR) is 117 cm³/mol. The van der Waals surface area contributed by atoms with E-state index in [1.54, 1.807) is 4.90 Å². The fourth-order valence-corrected chi connectivity index (χ4v) is 4.29. The van der Waals surface area contributed by atoms with E-state index < -0.39 is 0 Å². The molecule has 28 heavy (non-hydrogen) atoms. The summed E-state index contributed by atoms with van der Waals surface area (Å²) in [5.41, 5.74) is 3.40. The van der Waals surface area contributed by atoms with Crippen molar-refractivity contribution in [3.8, 4) is 0 Å². The van der Waals surface area contributed by atoms with E-state index in [2.05, 4.69) is 41.5 Å². The van der Waals surface area contributed by atoms with Crippen molar-refractivity contribution in [2.75, 3.05) is 18.1 Å². The fourth-order valence-electron chi connectivity index (χ4n) is 2.57. The van der Waals surface area contributed by atoms with Gasteiger partial charge in [-0.1, -0.05) is 79.4 Å². The number of nitrogens with one attached hydrogen (secondary N) is 1. The summed E-state index contributed by atoms with van der Waals surface area (Å²) in [6, 6.07) is 18.3. The Kier molecular flexibility index (Phi) is 7.06. The molecule has 3 rings (SSSR count). The first-order chi connectivity index (χ1) is 13.5. The van der Waals surface area contributed by atoms with E-state index in [0.29, 0.717) is 18.2 Å². The van der Waals surface area contributed by atoms with E-state index in [1.165, 1.54) is 28.7 Å². The van der Waals surface area contributed by atoms with Crippen molar-refractivity contribution < 1.29 is 4.79 Å². The summed E-state index contributed by atoms with van der Waals surface area (Å²) in [6.45, 7) is 4.96. The number of thioether (sulfide) groups is 1. The number of nitrogens with zero attached hydrogens (tertiary/aromatic N) is 3. The van der Waals surface area contributed by atoms with E-state index >= 15 is 0 Å². The molecule has 1 heterocycles. The Labute approximate surface area is 174 Å². The van der Waals surface area contributed by atoms with Gasteiger partial charge in [-0.05, 0) is 29.2 Å². The van der Waals surface area contributed by atoms with Gasteiger partial charge in [0.25, 0.3) is 0 Å². The van der Waals surface area contributed by atoms with Gasteiger partial charge in [0.1, 0.15) is 0 Å². The molecule has 1 aromatic heterocycles. The molecule has 3 aromatic rings. The quantitative estimate of drug-likeness (QED) is 0.518. The lowest BCUT2D eigenvalue weighted by molar-refractivity contribution is -0.127. The molecule has 7 heteroatoms. The van der Waals surface area contributed by atoms with Gasteiger partial charge < -0.3 is 10.2 Å². The van der Waals surface area contributed by atoms with E-state index in [-0.39, 0.29) is 5.91 Å². The van der Waals surface area contributed by atoms with Crippen LogP contribution < -0.4 is 5.32 Å². The number of anilines is 2. The van der Waals surface area contributed by atoms with Crippen LogP contribution in [0.5, 0.6) is 0 Å². The molecule has 1 N–H and O–H groups in total. The minimum Gasteiger partial charge on any atom is -0.341 e. The molecule has 146 valence electrons. The molecule has 0 unspecified atom stereocenters. The van der Waals surface area contributed by atoms with Crippen LogP contribution in [0, 0.1) is 0 Å². The lowest BCUT2D eigenvalue weighted by Crippen LogP contribution is -2.27. The standard InChI is InChI=1S/C21H24N4OS2/c1-15(2)17-9-11-18(12-10-17)22-20-23-24-21(28-20)27-14-19(26)25(3)13-16-7-5-4-6-8-16/h4-12,15H,13-14H2,1-3H3,(H,22,23). The average Bonchev–Trinajstić information content (AvgIpc) is 3.14. The Morgan fingerprint density at radius 2 is 1.82 bits per heavy atom. The molecule has 0 bridgehead atoms. The summed E-state index contributed by atoms with van der Waals surface area (Å²) in [5.74, 6) is 0.931. The first-order valence-corrected chi connectivity index (χ1v) is 10.9. The van der Waals surface area contributed by atoms with Crippen molar-refractivity contribution >= 4 is 39.8 Å². The zero-order valence-corrected chi connectivity index (χ0v) is 17.9. The smallest absolute Gasteiger partial charge is 0.233 e. The molecule has 0 spiro atoms. The molecule has 0 saturated heterocycles. The molecular formula is C21H24N4OS2. The normalized spacial score (nSPS) is 10.9. The third-order valence-corrected chi connectivity index (χ3v) is 6.20. The summed E-state index contributed by atoms with van der Waals surface area (Å²) in [4.78, 5) is 14.1. The van der Waals surface area contributed by atoms with Gasteiger partial charge in [0.2, 0.25) is 11.0 Å². The number of rotatable bonds is 8. The van der Waals surface area contributed by atoms with Gasteiger partial charge in [0, 0.05) is 19.3 Å². The maximum Gasteiger partial charge on any atom is 0.233 e. The first-order valence-electron chi connectivity index (χ1n) is 9.12.